The number of nitrogens with one attached hydrogen (secondary N) is 3. The first-order valence-corrected chi connectivity index (χ1v) is 10.3. The van der Waals surface area contributed by atoms with Crippen molar-refractivity contribution < 1.29 is 17.9 Å². The van der Waals surface area contributed by atoms with Crippen molar-refractivity contribution in [1.29, 1.82) is 0 Å². The highest BCUT2D eigenvalue weighted by atomic mass is 32.2. The zero-order valence-corrected chi connectivity index (χ0v) is 15.9. The zero-order chi connectivity index (χ0) is 19.3. The number of aromatic amines is 1. The van der Waals surface area contributed by atoms with Gasteiger partial charge in [-0.3, -0.25) is 4.79 Å². The highest BCUT2D eigenvalue weighted by Gasteiger charge is 2.36. The molecule has 0 saturated heterocycles. The lowest BCUT2D eigenvalue weighted by Gasteiger charge is -2.34. The number of ether oxygens (including phenoxy) is 1. The Bertz CT molecular complexity index is 840. The maximum Gasteiger partial charge on any atom is 0.240 e. The SMILES string of the molecule is CO[C@@H]1CC[C@H](C(=O)NCc2ncc[nH]2)C[C@H]1NS(=O)(=O)c1ccccc1. The molecule has 1 aliphatic carbocycles. The number of rotatable bonds is 7. The molecule has 1 aliphatic rings. The molecule has 27 heavy (non-hydrogen) atoms. The molecular weight excluding hydrogens is 368 g/mol. The van der Waals surface area contributed by atoms with Gasteiger partial charge in [-0.1, -0.05) is 18.2 Å². The molecule has 0 spiro atoms. The molecular formula is C18H24N4O4S. The molecule has 1 aromatic heterocycles. The number of benzene rings is 1. The summed E-state index contributed by atoms with van der Waals surface area (Å²) in [6, 6.07) is 7.73. The van der Waals surface area contributed by atoms with E-state index in [1.165, 1.54) is 0 Å². The maximum absolute atomic E-state index is 12.6. The van der Waals surface area contributed by atoms with Gasteiger partial charge in [0.2, 0.25) is 15.9 Å². The van der Waals surface area contributed by atoms with E-state index >= 15 is 0 Å². The van der Waals surface area contributed by atoms with Gasteiger partial charge < -0.3 is 15.0 Å². The van der Waals surface area contributed by atoms with Crippen molar-refractivity contribution >= 4 is 15.9 Å². The summed E-state index contributed by atoms with van der Waals surface area (Å²) >= 11 is 0. The van der Waals surface area contributed by atoms with Crippen molar-refractivity contribution in [2.45, 2.75) is 42.8 Å². The van der Waals surface area contributed by atoms with E-state index in [4.69, 9.17) is 4.74 Å². The van der Waals surface area contributed by atoms with Crippen molar-refractivity contribution in [3.05, 3.63) is 48.5 Å². The predicted octanol–water partition coefficient (Wildman–Crippen LogP) is 1.19. The van der Waals surface area contributed by atoms with E-state index < -0.39 is 16.1 Å². The molecule has 1 fully saturated rings. The molecule has 9 heteroatoms. The largest absolute Gasteiger partial charge is 0.380 e. The van der Waals surface area contributed by atoms with Gasteiger partial charge in [-0.2, -0.15) is 0 Å². The van der Waals surface area contributed by atoms with Gasteiger partial charge in [-0.15, -0.1) is 0 Å². The molecule has 0 bridgehead atoms. The standard InChI is InChI=1S/C18H24N4O4S/c1-26-16-8-7-13(18(23)21-12-17-19-9-10-20-17)11-15(16)22-27(24,25)14-5-3-2-4-6-14/h2-6,9-10,13,15-16,22H,7-8,11-12H2,1H3,(H,19,20)(H,21,23)/t13-,15+,16+/m0/s1. The fourth-order valence-electron chi connectivity index (χ4n) is 3.36. The first-order chi connectivity index (χ1) is 13.0. The molecule has 3 rings (SSSR count). The minimum absolute atomic E-state index is 0.107. The van der Waals surface area contributed by atoms with Crippen molar-refractivity contribution in [3.63, 3.8) is 0 Å². The van der Waals surface area contributed by atoms with Gasteiger partial charge >= 0.3 is 0 Å². The number of amides is 1. The van der Waals surface area contributed by atoms with Crippen molar-refractivity contribution in [2.24, 2.45) is 5.92 Å². The molecule has 0 radical (unpaired) electrons. The highest BCUT2D eigenvalue weighted by Crippen LogP contribution is 2.28. The van der Waals surface area contributed by atoms with Crippen LogP contribution >= 0.6 is 0 Å². The predicted molar refractivity (Wildman–Crippen MR) is 99.1 cm³/mol. The second-order valence-corrected chi connectivity index (χ2v) is 8.29. The van der Waals surface area contributed by atoms with Gasteiger partial charge in [-0.25, -0.2) is 18.1 Å². The Hall–Kier alpha value is -2.23. The summed E-state index contributed by atoms with van der Waals surface area (Å²) in [5.41, 5.74) is 0. The number of aromatic nitrogens is 2. The Morgan fingerprint density at radius 2 is 2.07 bits per heavy atom. The van der Waals surface area contributed by atoms with Gasteiger partial charge in [0.1, 0.15) is 5.82 Å². The summed E-state index contributed by atoms with van der Waals surface area (Å²) in [5.74, 6) is 0.287. The highest BCUT2D eigenvalue weighted by molar-refractivity contribution is 7.89. The van der Waals surface area contributed by atoms with Crippen LogP contribution in [0.5, 0.6) is 0 Å². The van der Waals surface area contributed by atoms with Crippen LogP contribution in [0.1, 0.15) is 25.1 Å². The number of hydrogen-bond acceptors (Lipinski definition) is 5. The first-order valence-electron chi connectivity index (χ1n) is 8.85. The maximum atomic E-state index is 12.6. The van der Waals surface area contributed by atoms with Gasteiger partial charge in [0, 0.05) is 31.5 Å². The van der Waals surface area contributed by atoms with Gasteiger partial charge in [-0.05, 0) is 31.4 Å². The number of nitrogens with zero attached hydrogens (tertiary/aromatic N) is 1. The van der Waals surface area contributed by atoms with Crippen LogP contribution in [0, 0.1) is 5.92 Å². The van der Waals surface area contributed by atoms with Crippen LogP contribution in [-0.2, 0) is 26.1 Å². The molecule has 2 aromatic rings. The molecule has 0 unspecified atom stereocenters. The zero-order valence-electron chi connectivity index (χ0n) is 15.1. The van der Waals surface area contributed by atoms with Crippen LogP contribution in [0.3, 0.4) is 0 Å². The Balaban J connectivity index is 1.65. The number of carbonyl (C=O) groups is 1. The van der Waals surface area contributed by atoms with E-state index in [-0.39, 0.29) is 22.8 Å². The molecule has 8 nitrogen and oxygen atoms in total. The number of carbonyl (C=O) groups excluding carboxylic acids is 1. The van der Waals surface area contributed by atoms with E-state index in [2.05, 4.69) is 20.0 Å². The number of sulfonamides is 1. The second kappa shape index (κ2) is 8.64. The minimum Gasteiger partial charge on any atom is -0.380 e. The van der Waals surface area contributed by atoms with Crippen LogP contribution < -0.4 is 10.0 Å². The summed E-state index contributed by atoms with van der Waals surface area (Å²) in [5, 5.41) is 2.85. The quantitative estimate of drug-likeness (QED) is 0.655. The molecule has 1 saturated carbocycles. The number of hydrogen-bond donors (Lipinski definition) is 3. The lowest BCUT2D eigenvalue weighted by Crippen LogP contribution is -2.50. The molecule has 3 N–H and O–H groups in total. The minimum atomic E-state index is -3.68. The number of imidazole rings is 1. The molecule has 1 heterocycles. The number of H-pyrrole nitrogens is 1. The molecule has 1 amide bonds. The summed E-state index contributed by atoms with van der Waals surface area (Å²) < 4.78 is 33.5. The van der Waals surface area contributed by atoms with Gasteiger partial charge in [0.15, 0.2) is 0 Å². The molecule has 146 valence electrons. The van der Waals surface area contributed by atoms with E-state index in [0.29, 0.717) is 31.6 Å². The third-order valence-corrected chi connectivity index (χ3v) is 6.31. The Kier molecular flexibility index (Phi) is 6.25. The fourth-order valence-corrected chi connectivity index (χ4v) is 4.66. The summed E-state index contributed by atoms with van der Waals surface area (Å²) in [7, 11) is -2.12. The first kappa shape index (κ1) is 19.5. The van der Waals surface area contributed by atoms with Crippen molar-refractivity contribution in [2.75, 3.05) is 7.11 Å². The topological polar surface area (TPSA) is 113 Å². The van der Waals surface area contributed by atoms with Crippen molar-refractivity contribution in [1.82, 2.24) is 20.0 Å². The van der Waals surface area contributed by atoms with E-state index in [0.717, 1.165) is 0 Å². The third-order valence-electron chi connectivity index (χ3n) is 4.81. The second-order valence-electron chi connectivity index (χ2n) is 6.58. The molecule has 3 atom stereocenters. The Morgan fingerprint density at radius 1 is 1.30 bits per heavy atom. The van der Waals surface area contributed by atoms with Crippen LogP contribution in [0.2, 0.25) is 0 Å². The van der Waals surface area contributed by atoms with Crippen LogP contribution in [-0.4, -0.2) is 43.5 Å². The third kappa shape index (κ3) is 4.94. The van der Waals surface area contributed by atoms with E-state index in [1.807, 2.05) is 0 Å². The Labute approximate surface area is 158 Å². The monoisotopic (exact) mass is 392 g/mol. The van der Waals surface area contributed by atoms with Crippen LogP contribution in [0.15, 0.2) is 47.6 Å². The average Bonchev–Trinajstić information content (AvgIpc) is 3.20. The van der Waals surface area contributed by atoms with E-state index in [1.54, 1.807) is 49.8 Å². The average molecular weight is 392 g/mol. The van der Waals surface area contributed by atoms with E-state index in [9.17, 15) is 13.2 Å². The molecule has 0 aliphatic heterocycles. The lowest BCUT2D eigenvalue weighted by molar-refractivity contribution is -0.127. The Morgan fingerprint density at radius 3 is 2.74 bits per heavy atom. The summed E-state index contributed by atoms with van der Waals surface area (Å²) in [4.78, 5) is 19.7. The summed E-state index contributed by atoms with van der Waals surface area (Å²) in [6.45, 7) is 0.316. The lowest BCUT2D eigenvalue weighted by atomic mass is 9.83. The van der Waals surface area contributed by atoms with Gasteiger partial charge in [0.25, 0.3) is 0 Å². The number of methoxy groups -OCH3 is 1. The van der Waals surface area contributed by atoms with Crippen LogP contribution in [0.4, 0.5) is 0 Å². The fraction of sp³-hybridized carbons (Fsp3) is 0.444. The smallest absolute Gasteiger partial charge is 0.240 e. The normalized spacial score (nSPS) is 23.1. The summed E-state index contributed by atoms with van der Waals surface area (Å²) in [6.07, 6.45) is 4.69. The van der Waals surface area contributed by atoms with Gasteiger partial charge in [0.05, 0.1) is 17.5 Å². The molecule has 1 aromatic carbocycles. The van der Waals surface area contributed by atoms with Crippen LogP contribution in [0.25, 0.3) is 0 Å². The van der Waals surface area contributed by atoms with Crippen molar-refractivity contribution in [3.8, 4) is 0 Å².